The molecule has 0 heterocycles. The third kappa shape index (κ3) is 6.51. The predicted molar refractivity (Wildman–Crippen MR) is 153 cm³/mol. The first-order chi connectivity index (χ1) is 19.3. The van der Waals surface area contributed by atoms with Gasteiger partial charge in [-0.1, -0.05) is 6.08 Å². The molecular formula is C29H29N5O6. The molecule has 0 aliphatic heterocycles. The Morgan fingerprint density at radius 2 is 1.73 bits per heavy atom. The van der Waals surface area contributed by atoms with Gasteiger partial charge in [0, 0.05) is 30.3 Å². The lowest BCUT2D eigenvalue weighted by atomic mass is 9.94. The van der Waals surface area contributed by atoms with Gasteiger partial charge in [-0.25, -0.2) is 0 Å². The lowest BCUT2D eigenvalue weighted by Gasteiger charge is -2.14. The zero-order valence-electron chi connectivity index (χ0n) is 22.5. The van der Waals surface area contributed by atoms with E-state index in [1.807, 2.05) is 6.92 Å². The number of rotatable bonds is 10. The fourth-order valence-corrected chi connectivity index (χ4v) is 3.92. The summed E-state index contributed by atoms with van der Waals surface area (Å²) >= 11 is 0. The number of methoxy groups -OCH3 is 2. The van der Waals surface area contributed by atoms with Gasteiger partial charge in [-0.2, -0.15) is 10.2 Å². The summed E-state index contributed by atoms with van der Waals surface area (Å²) < 4.78 is 16.3. The molecule has 1 aliphatic rings. The molecule has 4 rings (SSSR count). The van der Waals surface area contributed by atoms with Gasteiger partial charge in [0.1, 0.15) is 35.3 Å². The van der Waals surface area contributed by atoms with Gasteiger partial charge in [0.25, 0.3) is 0 Å². The first-order valence-electron chi connectivity index (χ1n) is 12.3. The van der Waals surface area contributed by atoms with Crippen LogP contribution in [0.2, 0.25) is 0 Å². The molecule has 0 unspecified atom stereocenters. The van der Waals surface area contributed by atoms with Gasteiger partial charge in [0.2, 0.25) is 11.7 Å². The van der Waals surface area contributed by atoms with Crippen LogP contribution >= 0.6 is 0 Å². The summed E-state index contributed by atoms with van der Waals surface area (Å²) in [7, 11) is 3.04. The Morgan fingerprint density at radius 3 is 2.45 bits per heavy atom. The largest absolute Gasteiger partial charge is 0.494 e. The van der Waals surface area contributed by atoms with Gasteiger partial charge in [-0.3, -0.25) is 15.0 Å². The highest BCUT2D eigenvalue weighted by Crippen LogP contribution is 2.36. The number of ketones is 1. The number of amides is 1. The fourth-order valence-electron chi connectivity index (χ4n) is 3.92. The van der Waals surface area contributed by atoms with Crippen LogP contribution in [0.4, 0.5) is 22.7 Å². The van der Waals surface area contributed by atoms with Gasteiger partial charge in [0.15, 0.2) is 0 Å². The van der Waals surface area contributed by atoms with E-state index in [9.17, 15) is 9.59 Å². The minimum absolute atomic E-state index is 0.0921. The van der Waals surface area contributed by atoms with E-state index in [0.29, 0.717) is 51.1 Å². The topological polar surface area (TPSA) is 143 Å². The number of anilines is 2. The number of hydrogen-bond acceptors (Lipinski definition) is 10. The van der Waals surface area contributed by atoms with Crippen LogP contribution in [-0.2, 0) is 4.79 Å². The minimum atomic E-state index is -0.248. The Balaban J connectivity index is 1.53. The van der Waals surface area contributed by atoms with Crippen molar-refractivity contribution in [3.63, 3.8) is 0 Å². The maximum Gasteiger partial charge on any atom is 0.221 e. The molecule has 1 aliphatic carbocycles. The quantitative estimate of drug-likeness (QED) is 0.228. The van der Waals surface area contributed by atoms with Crippen molar-refractivity contribution in [3.05, 3.63) is 71.3 Å². The van der Waals surface area contributed by atoms with Crippen molar-refractivity contribution in [2.75, 3.05) is 38.2 Å². The highest BCUT2D eigenvalue weighted by Gasteiger charge is 2.20. The van der Waals surface area contributed by atoms with Gasteiger partial charge in [-0.15, -0.1) is 5.11 Å². The smallest absolute Gasteiger partial charge is 0.221 e. The molecule has 0 fully saturated rings. The van der Waals surface area contributed by atoms with Crippen molar-refractivity contribution in [1.82, 2.24) is 0 Å². The highest BCUT2D eigenvalue weighted by molar-refractivity contribution is 6.52. The third-order valence-corrected chi connectivity index (χ3v) is 5.86. The van der Waals surface area contributed by atoms with E-state index in [1.165, 1.54) is 21.1 Å². The predicted octanol–water partition coefficient (Wildman–Crippen LogP) is 5.43. The number of azo groups is 1. The number of aliphatic hydroxyl groups is 1. The first-order valence-corrected chi connectivity index (χ1v) is 12.3. The van der Waals surface area contributed by atoms with Crippen molar-refractivity contribution in [1.29, 1.82) is 0 Å². The van der Waals surface area contributed by atoms with E-state index in [0.717, 1.165) is 5.56 Å². The van der Waals surface area contributed by atoms with Gasteiger partial charge in [0.05, 0.1) is 32.2 Å². The molecule has 3 aromatic rings. The van der Waals surface area contributed by atoms with Crippen molar-refractivity contribution in [3.8, 4) is 17.2 Å². The van der Waals surface area contributed by atoms with E-state index < -0.39 is 0 Å². The number of benzene rings is 3. The minimum Gasteiger partial charge on any atom is -0.494 e. The molecule has 0 saturated carbocycles. The number of aliphatic hydroxyl groups excluding tert-OH is 1. The van der Waals surface area contributed by atoms with E-state index in [-0.39, 0.29) is 30.6 Å². The zero-order valence-corrected chi connectivity index (χ0v) is 22.5. The summed E-state index contributed by atoms with van der Waals surface area (Å²) in [5.74, 6) is 1.03. The lowest BCUT2D eigenvalue weighted by molar-refractivity contribution is -0.114. The SMILES string of the molecule is COc1cc(OCCO)ccc1/N=N/c1cc(OC)c(N/N=C2/C=Cc3cc(NC(C)=O)ccc3C2=O)cc1C. The molecular weight excluding hydrogens is 514 g/mol. The highest BCUT2D eigenvalue weighted by atomic mass is 16.5. The molecule has 1 amide bonds. The number of nitrogens with one attached hydrogen (secondary N) is 2. The molecule has 0 saturated heterocycles. The number of fused-ring (bicyclic) bond motifs is 1. The average Bonchev–Trinajstić information content (AvgIpc) is 2.95. The number of carbonyl (C=O) groups excluding carboxylic acids is 2. The summed E-state index contributed by atoms with van der Waals surface area (Å²) in [6.07, 6.45) is 3.39. The lowest BCUT2D eigenvalue weighted by Crippen LogP contribution is -2.18. The van der Waals surface area contributed by atoms with Crippen molar-refractivity contribution in [2.24, 2.45) is 15.3 Å². The standard InChI is InChI=1S/C29H29N5O6/c1-17-13-26(34-32-24-9-5-19-14-20(30-18(2)36)6-8-22(19)29(24)37)28(39-4)16-25(17)33-31-23-10-7-21(40-12-11-35)15-27(23)38-3/h5-10,13-16,34-35H,11-12H2,1-4H3,(H,30,36)/b32-24-,33-31+. The Hall–Kier alpha value is -5.03. The monoisotopic (exact) mass is 543 g/mol. The number of Topliss-reactive ketones (excluding diaryl/α,β-unsaturated/α-hetero) is 1. The molecule has 11 nitrogen and oxygen atoms in total. The Morgan fingerprint density at radius 1 is 0.950 bits per heavy atom. The second-order valence-electron chi connectivity index (χ2n) is 8.70. The molecule has 40 heavy (non-hydrogen) atoms. The second kappa shape index (κ2) is 12.7. The summed E-state index contributed by atoms with van der Waals surface area (Å²) in [5, 5.41) is 24.7. The maximum absolute atomic E-state index is 13.0. The maximum atomic E-state index is 13.0. The molecule has 3 N–H and O–H groups in total. The van der Waals surface area contributed by atoms with Gasteiger partial charge in [-0.05, 0) is 60.5 Å². The number of aryl methyl sites for hydroxylation is 1. The van der Waals surface area contributed by atoms with Crippen molar-refractivity contribution < 1.29 is 28.9 Å². The second-order valence-corrected chi connectivity index (χ2v) is 8.70. The molecule has 0 atom stereocenters. The molecule has 0 aromatic heterocycles. The Kier molecular flexibility index (Phi) is 8.87. The Bertz CT molecular complexity index is 1530. The van der Waals surface area contributed by atoms with Crippen LogP contribution in [0.3, 0.4) is 0 Å². The van der Waals surface area contributed by atoms with Crippen LogP contribution in [0.1, 0.15) is 28.4 Å². The third-order valence-electron chi connectivity index (χ3n) is 5.86. The van der Waals surface area contributed by atoms with E-state index in [2.05, 4.69) is 26.1 Å². The molecule has 0 spiro atoms. The number of nitrogens with zero attached hydrogens (tertiary/aromatic N) is 3. The van der Waals surface area contributed by atoms with Crippen molar-refractivity contribution >= 4 is 46.2 Å². The fraction of sp³-hybridized carbons (Fsp3) is 0.207. The molecule has 0 radical (unpaired) electrons. The molecule has 206 valence electrons. The van der Waals surface area contributed by atoms with Crippen LogP contribution in [0.15, 0.2) is 69.9 Å². The number of allylic oxidation sites excluding steroid dienone is 1. The zero-order chi connectivity index (χ0) is 28.6. The van der Waals surface area contributed by atoms with Crippen LogP contribution in [-0.4, -0.2) is 49.9 Å². The summed E-state index contributed by atoms with van der Waals surface area (Å²) in [6.45, 7) is 3.37. The molecule has 11 heteroatoms. The van der Waals surface area contributed by atoms with Crippen LogP contribution in [0.25, 0.3) is 6.08 Å². The van der Waals surface area contributed by atoms with Gasteiger partial charge < -0.3 is 24.6 Å². The summed E-state index contributed by atoms with van der Waals surface area (Å²) in [6, 6.07) is 13.7. The number of hydrogen-bond donors (Lipinski definition) is 3. The Labute approximate surface area is 231 Å². The number of hydrazone groups is 1. The normalized spacial score (nSPS) is 13.3. The summed E-state index contributed by atoms with van der Waals surface area (Å²) in [4.78, 5) is 24.3. The van der Waals surface area contributed by atoms with Crippen LogP contribution in [0, 0.1) is 6.92 Å². The average molecular weight is 544 g/mol. The van der Waals surface area contributed by atoms with Crippen molar-refractivity contribution in [2.45, 2.75) is 13.8 Å². The van der Waals surface area contributed by atoms with E-state index in [4.69, 9.17) is 19.3 Å². The number of ether oxygens (including phenoxy) is 3. The molecule has 3 aromatic carbocycles. The number of carbonyl (C=O) groups is 2. The van der Waals surface area contributed by atoms with E-state index in [1.54, 1.807) is 60.7 Å². The van der Waals surface area contributed by atoms with Crippen LogP contribution < -0.4 is 25.0 Å². The van der Waals surface area contributed by atoms with E-state index >= 15 is 0 Å². The van der Waals surface area contributed by atoms with Gasteiger partial charge >= 0.3 is 0 Å². The summed E-state index contributed by atoms with van der Waals surface area (Å²) in [5.41, 5.74) is 7.34. The molecule has 0 bridgehead atoms. The first kappa shape index (κ1) is 28.0. The van der Waals surface area contributed by atoms with Crippen LogP contribution in [0.5, 0.6) is 17.2 Å².